The highest BCUT2D eigenvalue weighted by Gasteiger charge is 2.18. The maximum Gasteiger partial charge on any atom is 0.335 e. The quantitative estimate of drug-likeness (QED) is 0.546. The molecule has 3 rings (SSSR count). The molecule has 3 aromatic rings. The van der Waals surface area contributed by atoms with E-state index in [9.17, 15) is 18.0 Å². The minimum atomic E-state index is -4.07. The lowest BCUT2D eigenvalue weighted by molar-refractivity contribution is 0.0696. The van der Waals surface area contributed by atoms with Gasteiger partial charge in [0, 0.05) is 5.69 Å². The fourth-order valence-corrected chi connectivity index (χ4v) is 3.11. The van der Waals surface area contributed by atoms with Crippen LogP contribution in [0.25, 0.3) is 5.69 Å². The van der Waals surface area contributed by atoms with E-state index in [-0.39, 0.29) is 16.2 Å². The number of imidazole rings is 1. The summed E-state index contributed by atoms with van der Waals surface area (Å²) in [5.41, 5.74) is 2.88. The van der Waals surface area contributed by atoms with E-state index in [4.69, 9.17) is 5.11 Å². The molecular formula is C17H14N4O5S. The number of aromatic carboxylic acids is 1. The first kappa shape index (κ1) is 18.3. The minimum Gasteiger partial charge on any atom is -0.478 e. The van der Waals surface area contributed by atoms with E-state index in [2.05, 4.69) is 10.4 Å². The Morgan fingerprint density at radius 2 is 1.67 bits per heavy atom. The molecule has 0 atom stereocenters. The number of para-hydroxylation sites is 1. The van der Waals surface area contributed by atoms with E-state index in [1.165, 1.54) is 17.1 Å². The Morgan fingerprint density at radius 3 is 2.30 bits per heavy atom. The summed E-state index contributed by atoms with van der Waals surface area (Å²) in [5.74, 6) is -1.88. The zero-order valence-electron chi connectivity index (χ0n) is 13.7. The van der Waals surface area contributed by atoms with Crippen LogP contribution in [-0.2, 0) is 10.0 Å². The average Bonchev–Trinajstić information content (AvgIpc) is 3.17. The van der Waals surface area contributed by atoms with Gasteiger partial charge in [0.15, 0.2) is 0 Å². The molecule has 0 radical (unpaired) electrons. The second-order valence-corrected chi connectivity index (χ2v) is 7.06. The van der Waals surface area contributed by atoms with Gasteiger partial charge in [-0.2, -0.15) is 0 Å². The van der Waals surface area contributed by atoms with Gasteiger partial charge in [-0.15, -0.1) is 4.83 Å². The molecule has 0 aliphatic heterocycles. The largest absolute Gasteiger partial charge is 0.478 e. The third-order valence-electron chi connectivity index (χ3n) is 3.62. The number of hydrazine groups is 1. The van der Waals surface area contributed by atoms with Gasteiger partial charge in [0.25, 0.3) is 15.9 Å². The molecule has 1 heterocycles. The van der Waals surface area contributed by atoms with Crippen LogP contribution in [0.2, 0.25) is 0 Å². The normalized spacial score (nSPS) is 11.1. The molecule has 1 aromatic heterocycles. The van der Waals surface area contributed by atoms with Crippen LogP contribution in [-0.4, -0.2) is 35.0 Å². The van der Waals surface area contributed by atoms with Gasteiger partial charge in [0.2, 0.25) is 0 Å². The summed E-state index contributed by atoms with van der Waals surface area (Å²) in [7, 11) is -4.07. The zero-order chi connectivity index (χ0) is 19.4. The first-order valence-electron chi connectivity index (χ1n) is 7.62. The summed E-state index contributed by atoms with van der Waals surface area (Å²) in [6.07, 6.45) is 2.74. The molecule has 0 unspecified atom stereocenters. The molecule has 27 heavy (non-hydrogen) atoms. The molecule has 10 heteroatoms. The summed E-state index contributed by atoms with van der Waals surface area (Å²) in [6, 6.07) is 13.5. The van der Waals surface area contributed by atoms with Gasteiger partial charge in [-0.3, -0.25) is 14.8 Å². The van der Waals surface area contributed by atoms with Gasteiger partial charge < -0.3 is 5.11 Å². The number of carbonyl (C=O) groups is 2. The predicted molar refractivity (Wildman–Crippen MR) is 94.8 cm³/mol. The van der Waals surface area contributed by atoms with Crippen LogP contribution in [0.3, 0.4) is 0 Å². The Hall–Kier alpha value is -3.50. The van der Waals surface area contributed by atoms with Crippen LogP contribution in [0.1, 0.15) is 20.8 Å². The number of aromatic nitrogens is 2. The van der Waals surface area contributed by atoms with Crippen LogP contribution in [0.15, 0.2) is 72.0 Å². The number of nitrogens with zero attached hydrogens (tertiary/aromatic N) is 2. The molecule has 138 valence electrons. The van der Waals surface area contributed by atoms with Crippen LogP contribution >= 0.6 is 0 Å². The zero-order valence-corrected chi connectivity index (χ0v) is 14.6. The van der Waals surface area contributed by atoms with Gasteiger partial charge >= 0.3 is 5.97 Å². The summed E-state index contributed by atoms with van der Waals surface area (Å²) in [6.45, 7) is 0. The molecule has 0 aliphatic rings. The van der Waals surface area contributed by atoms with Crippen molar-refractivity contribution >= 4 is 21.9 Å². The Morgan fingerprint density at radius 1 is 1.00 bits per heavy atom. The number of carboxylic acid groups (broad SMARTS) is 1. The topological polar surface area (TPSA) is 130 Å². The molecule has 0 saturated heterocycles. The number of carbonyl (C=O) groups excluding carboxylic acids is 1. The van der Waals surface area contributed by atoms with E-state index >= 15 is 0 Å². The van der Waals surface area contributed by atoms with Crippen molar-refractivity contribution in [1.82, 2.24) is 19.8 Å². The Kier molecular flexibility index (Phi) is 5.01. The van der Waals surface area contributed by atoms with Gasteiger partial charge in [-0.1, -0.05) is 18.2 Å². The van der Waals surface area contributed by atoms with Gasteiger partial charge in [0.1, 0.15) is 5.69 Å². The number of benzene rings is 2. The van der Waals surface area contributed by atoms with Crippen molar-refractivity contribution in [1.29, 1.82) is 0 Å². The third kappa shape index (κ3) is 4.02. The molecule has 3 N–H and O–H groups in total. The SMILES string of the molecule is O=C(O)c1ccc(S(=O)(=O)NNC(=O)c2cncn2-c2ccccc2)cc1. The van der Waals surface area contributed by atoms with Crippen LogP contribution < -0.4 is 10.3 Å². The van der Waals surface area contributed by atoms with E-state index in [1.54, 1.807) is 24.3 Å². The van der Waals surface area contributed by atoms with Crippen LogP contribution in [0.5, 0.6) is 0 Å². The first-order valence-corrected chi connectivity index (χ1v) is 9.10. The lowest BCUT2D eigenvalue weighted by atomic mass is 10.2. The predicted octanol–water partition coefficient (Wildman–Crippen LogP) is 1.19. The lowest BCUT2D eigenvalue weighted by Crippen LogP contribution is -2.42. The Balaban J connectivity index is 1.74. The maximum absolute atomic E-state index is 12.3. The maximum atomic E-state index is 12.3. The van der Waals surface area contributed by atoms with Gasteiger partial charge in [0.05, 0.1) is 23.0 Å². The molecule has 2 aromatic carbocycles. The molecular weight excluding hydrogens is 372 g/mol. The minimum absolute atomic E-state index is 0.0512. The molecule has 0 bridgehead atoms. The molecule has 0 fully saturated rings. The van der Waals surface area contributed by atoms with E-state index in [0.29, 0.717) is 5.69 Å². The molecule has 0 aliphatic carbocycles. The Bertz CT molecular complexity index is 1080. The molecule has 9 nitrogen and oxygen atoms in total. The second-order valence-electron chi connectivity index (χ2n) is 5.37. The van der Waals surface area contributed by atoms with E-state index in [1.807, 2.05) is 10.9 Å². The average molecular weight is 386 g/mol. The number of nitrogens with one attached hydrogen (secondary N) is 2. The van der Waals surface area contributed by atoms with Crippen LogP contribution in [0.4, 0.5) is 0 Å². The highest BCUT2D eigenvalue weighted by molar-refractivity contribution is 7.89. The van der Waals surface area contributed by atoms with Crippen molar-refractivity contribution in [2.75, 3.05) is 0 Å². The summed E-state index contributed by atoms with van der Waals surface area (Å²) < 4.78 is 26.0. The van der Waals surface area contributed by atoms with E-state index in [0.717, 1.165) is 24.3 Å². The van der Waals surface area contributed by atoms with Gasteiger partial charge in [-0.05, 0) is 36.4 Å². The summed E-state index contributed by atoms with van der Waals surface area (Å²) in [5, 5.41) is 8.85. The van der Waals surface area contributed by atoms with Crippen molar-refractivity contribution in [2.24, 2.45) is 0 Å². The fraction of sp³-hybridized carbons (Fsp3) is 0. The highest BCUT2D eigenvalue weighted by atomic mass is 32.2. The monoisotopic (exact) mass is 386 g/mol. The van der Waals surface area contributed by atoms with Crippen molar-refractivity contribution in [3.63, 3.8) is 0 Å². The number of carboxylic acids is 1. The number of rotatable bonds is 6. The standard InChI is InChI=1S/C17H14N4O5S/c22-16(15-10-18-11-21(15)13-4-2-1-3-5-13)19-20-27(25,26)14-8-6-12(7-9-14)17(23)24/h1-11,20H,(H,19,22)(H,23,24). The fourth-order valence-electron chi connectivity index (χ4n) is 2.27. The number of sulfonamides is 1. The van der Waals surface area contributed by atoms with Crippen molar-refractivity contribution in [2.45, 2.75) is 4.90 Å². The molecule has 1 amide bonds. The summed E-state index contributed by atoms with van der Waals surface area (Å²) >= 11 is 0. The number of hydrogen-bond acceptors (Lipinski definition) is 5. The lowest BCUT2D eigenvalue weighted by Gasteiger charge is -2.10. The molecule has 0 spiro atoms. The third-order valence-corrected chi connectivity index (χ3v) is 4.88. The molecule has 0 saturated carbocycles. The van der Waals surface area contributed by atoms with E-state index < -0.39 is 21.9 Å². The highest BCUT2D eigenvalue weighted by Crippen LogP contribution is 2.12. The second kappa shape index (κ2) is 7.40. The summed E-state index contributed by atoms with van der Waals surface area (Å²) in [4.78, 5) is 28.9. The van der Waals surface area contributed by atoms with Crippen molar-refractivity contribution in [3.05, 3.63) is 78.4 Å². The van der Waals surface area contributed by atoms with Crippen LogP contribution in [0, 0.1) is 0 Å². The van der Waals surface area contributed by atoms with Crippen molar-refractivity contribution < 1.29 is 23.1 Å². The number of hydrogen-bond donors (Lipinski definition) is 3. The van der Waals surface area contributed by atoms with Crippen molar-refractivity contribution in [3.8, 4) is 5.69 Å². The van der Waals surface area contributed by atoms with Gasteiger partial charge in [-0.25, -0.2) is 18.2 Å². The first-order chi connectivity index (χ1) is 12.9. The smallest absolute Gasteiger partial charge is 0.335 e. The Labute approximate surface area is 154 Å². The number of amides is 1.